The van der Waals surface area contributed by atoms with Crippen molar-refractivity contribution in [2.45, 2.75) is 96.4 Å². The van der Waals surface area contributed by atoms with Crippen molar-refractivity contribution in [3.8, 4) is 0 Å². The van der Waals surface area contributed by atoms with E-state index in [4.69, 9.17) is 4.74 Å². The van der Waals surface area contributed by atoms with Crippen molar-refractivity contribution in [2.24, 2.45) is 0 Å². The second kappa shape index (κ2) is 26.8. The number of imidazole rings is 1. The van der Waals surface area contributed by atoms with Gasteiger partial charge < -0.3 is 31.0 Å². The minimum Gasteiger partial charge on any atom is -0.464 e. The zero-order chi connectivity index (χ0) is 31.3. The molecule has 0 aliphatic carbocycles. The van der Waals surface area contributed by atoms with Gasteiger partial charge in [0, 0.05) is 70.7 Å². The van der Waals surface area contributed by atoms with Gasteiger partial charge in [-0.3, -0.25) is 9.69 Å². The number of ether oxygens (including phenoxy) is 1. The topological polar surface area (TPSA) is 123 Å². The first-order valence-electron chi connectivity index (χ1n) is 17.3. The van der Waals surface area contributed by atoms with E-state index in [1.807, 2.05) is 0 Å². The minimum absolute atomic E-state index is 0.172. The molecule has 1 aromatic rings. The highest BCUT2D eigenvalue weighted by Crippen LogP contribution is 2.09. The van der Waals surface area contributed by atoms with Gasteiger partial charge in [0.15, 0.2) is 0 Å². The number of amides is 1. The lowest BCUT2D eigenvalue weighted by Gasteiger charge is -2.24. The number of aromatic nitrogens is 2. The third-order valence-corrected chi connectivity index (χ3v) is 7.72. The average molecular weight is 616 g/mol. The van der Waals surface area contributed by atoms with Crippen LogP contribution in [0.25, 0.3) is 0 Å². The first kappa shape index (κ1) is 37.7. The van der Waals surface area contributed by atoms with Crippen LogP contribution >= 0.6 is 0 Å². The van der Waals surface area contributed by atoms with Gasteiger partial charge >= 0.3 is 5.97 Å². The maximum atomic E-state index is 13.0. The van der Waals surface area contributed by atoms with Gasteiger partial charge in [-0.1, -0.05) is 69.8 Å². The SMILES string of the molecule is CCCCC/C=C\C/C=C\CCCCCCCCOC(=O)[C@H](Cc1cnc[nH]1)NC(=O)CN1CCNCCNCCNCC1. The van der Waals surface area contributed by atoms with Crippen LogP contribution in [0.2, 0.25) is 0 Å². The molecule has 1 aliphatic heterocycles. The molecule has 0 bridgehead atoms. The molecule has 1 saturated heterocycles. The quantitative estimate of drug-likeness (QED) is 0.0803. The molecule has 2 heterocycles. The van der Waals surface area contributed by atoms with Crippen LogP contribution in [0.4, 0.5) is 0 Å². The summed E-state index contributed by atoms with van der Waals surface area (Å²) in [6, 6.07) is -0.748. The summed E-state index contributed by atoms with van der Waals surface area (Å²) in [7, 11) is 0. The summed E-state index contributed by atoms with van der Waals surface area (Å²) in [6.45, 7) is 9.64. The third-order valence-electron chi connectivity index (χ3n) is 7.72. The number of hydrogen-bond donors (Lipinski definition) is 5. The monoisotopic (exact) mass is 615 g/mol. The normalized spacial score (nSPS) is 16.5. The average Bonchev–Trinajstić information content (AvgIpc) is 3.53. The van der Waals surface area contributed by atoms with E-state index in [0.717, 1.165) is 90.2 Å². The number of nitrogens with zero attached hydrogens (tertiary/aromatic N) is 2. The van der Waals surface area contributed by atoms with Crippen molar-refractivity contribution in [3.63, 3.8) is 0 Å². The van der Waals surface area contributed by atoms with Gasteiger partial charge in [0.25, 0.3) is 0 Å². The molecular formula is C34H61N7O3. The maximum Gasteiger partial charge on any atom is 0.329 e. The predicted octanol–water partition coefficient (Wildman–Crippen LogP) is 3.88. The van der Waals surface area contributed by atoms with Gasteiger partial charge in [-0.25, -0.2) is 9.78 Å². The number of allylic oxidation sites excluding steroid dienone is 4. The zero-order valence-electron chi connectivity index (χ0n) is 27.4. The fourth-order valence-corrected chi connectivity index (χ4v) is 5.09. The van der Waals surface area contributed by atoms with Crippen LogP contribution in [-0.4, -0.2) is 98.3 Å². The number of esters is 1. The van der Waals surface area contributed by atoms with Crippen molar-refractivity contribution in [1.82, 2.24) is 36.1 Å². The highest BCUT2D eigenvalue weighted by atomic mass is 16.5. The molecule has 0 spiro atoms. The lowest BCUT2D eigenvalue weighted by atomic mass is 10.1. The summed E-state index contributed by atoms with van der Waals surface area (Å²) in [4.78, 5) is 35.2. The standard InChI is InChI=1S/C34H61N7O3/c1-2-3-4-5-6-7-8-9-10-11-12-13-14-15-16-17-26-44-34(43)32(27-31-28-38-30-39-31)40-33(42)29-41-24-22-36-20-18-35-19-21-37-23-25-41/h6-7,9-10,28,30,32,35-37H,2-5,8,11-27,29H2,1H3,(H,38,39)(H,40,42)/b7-6-,10-9-/t32-/m0/s1. The molecule has 1 amide bonds. The molecule has 0 radical (unpaired) electrons. The lowest BCUT2D eigenvalue weighted by Crippen LogP contribution is -2.49. The number of rotatable bonds is 21. The molecule has 1 aliphatic rings. The molecule has 0 saturated carbocycles. The minimum atomic E-state index is -0.748. The van der Waals surface area contributed by atoms with Crippen molar-refractivity contribution >= 4 is 11.9 Å². The molecule has 44 heavy (non-hydrogen) atoms. The van der Waals surface area contributed by atoms with Crippen LogP contribution < -0.4 is 21.3 Å². The molecule has 5 N–H and O–H groups in total. The summed E-state index contributed by atoms with van der Waals surface area (Å²) in [6.07, 6.45) is 26.7. The summed E-state index contributed by atoms with van der Waals surface area (Å²) >= 11 is 0. The highest BCUT2D eigenvalue weighted by Gasteiger charge is 2.24. The van der Waals surface area contributed by atoms with Gasteiger partial charge in [-0.2, -0.15) is 0 Å². The van der Waals surface area contributed by atoms with Gasteiger partial charge in [0.2, 0.25) is 5.91 Å². The van der Waals surface area contributed by atoms with E-state index >= 15 is 0 Å². The number of carbonyl (C=O) groups excluding carboxylic acids is 2. The Hall–Kier alpha value is -2.53. The van der Waals surface area contributed by atoms with Crippen LogP contribution in [0.15, 0.2) is 36.8 Å². The first-order valence-corrected chi connectivity index (χ1v) is 17.3. The predicted molar refractivity (Wildman–Crippen MR) is 180 cm³/mol. The van der Waals surface area contributed by atoms with Crippen LogP contribution in [0.5, 0.6) is 0 Å². The Morgan fingerprint density at radius 2 is 1.48 bits per heavy atom. The van der Waals surface area contributed by atoms with Gasteiger partial charge in [-0.05, 0) is 38.5 Å². The highest BCUT2D eigenvalue weighted by molar-refractivity contribution is 5.85. The van der Waals surface area contributed by atoms with Crippen molar-refractivity contribution in [1.29, 1.82) is 0 Å². The van der Waals surface area contributed by atoms with Crippen molar-refractivity contribution in [2.75, 3.05) is 65.5 Å². The van der Waals surface area contributed by atoms with E-state index in [1.165, 1.54) is 44.9 Å². The molecule has 0 aromatic carbocycles. The Morgan fingerprint density at radius 3 is 2.11 bits per heavy atom. The fourth-order valence-electron chi connectivity index (χ4n) is 5.09. The Morgan fingerprint density at radius 1 is 0.864 bits per heavy atom. The van der Waals surface area contributed by atoms with E-state index in [2.05, 4.69) is 67.4 Å². The maximum absolute atomic E-state index is 13.0. The van der Waals surface area contributed by atoms with Crippen LogP contribution in [0, 0.1) is 0 Å². The second-order valence-electron chi connectivity index (χ2n) is 11.7. The summed E-state index contributed by atoms with van der Waals surface area (Å²) < 4.78 is 5.61. The van der Waals surface area contributed by atoms with Gasteiger partial charge in [0.1, 0.15) is 6.04 Å². The molecule has 1 fully saturated rings. The summed E-state index contributed by atoms with van der Waals surface area (Å²) in [5.74, 6) is -0.561. The van der Waals surface area contributed by atoms with E-state index in [1.54, 1.807) is 12.5 Å². The molecular weight excluding hydrogens is 554 g/mol. The molecule has 250 valence electrons. The Kier molecular flexibility index (Phi) is 23.0. The van der Waals surface area contributed by atoms with E-state index in [9.17, 15) is 9.59 Å². The molecule has 0 unspecified atom stereocenters. The van der Waals surface area contributed by atoms with Gasteiger partial charge in [0.05, 0.1) is 19.5 Å². The Labute approximate surface area is 266 Å². The van der Waals surface area contributed by atoms with E-state index in [0.29, 0.717) is 13.0 Å². The smallest absolute Gasteiger partial charge is 0.329 e. The summed E-state index contributed by atoms with van der Waals surface area (Å²) in [5, 5.41) is 13.1. The van der Waals surface area contributed by atoms with Crippen molar-refractivity contribution < 1.29 is 14.3 Å². The fraction of sp³-hybridized carbons (Fsp3) is 0.735. The number of nitrogens with one attached hydrogen (secondary N) is 5. The number of carbonyl (C=O) groups is 2. The van der Waals surface area contributed by atoms with Crippen LogP contribution in [-0.2, 0) is 20.7 Å². The molecule has 10 heteroatoms. The zero-order valence-corrected chi connectivity index (χ0v) is 27.4. The van der Waals surface area contributed by atoms with Crippen LogP contribution in [0.3, 0.4) is 0 Å². The number of unbranched alkanes of at least 4 members (excludes halogenated alkanes) is 9. The number of aromatic amines is 1. The summed E-state index contributed by atoms with van der Waals surface area (Å²) in [5.41, 5.74) is 0.786. The third kappa shape index (κ3) is 20.4. The van der Waals surface area contributed by atoms with Crippen LogP contribution in [0.1, 0.15) is 89.7 Å². The molecule has 1 atom stereocenters. The largest absolute Gasteiger partial charge is 0.464 e. The number of hydrogen-bond acceptors (Lipinski definition) is 8. The second-order valence-corrected chi connectivity index (χ2v) is 11.7. The van der Waals surface area contributed by atoms with E-state index in [-0.39, 0.29) is 18.4 Å². The Balaban J connectivity index is 1.62. The van der Waals surface area contributed by atoms with Gasteiger partial charge in [-0.15, -0.1) is 0 Å². The molecule has 1 aromatic heterocycles. The van der Waals surface area contributed by atoms with E-state index < -0.39 is 6.04 Å². The van der Waals surface area contributed by atoms with Crippen molar-refractivity contribution in [3.05, 3.63) is 42.5 Å². The number of H-pyrrole nitrogens is 1. The lowest BCUT2D eigenvalue weighted by molar-refractivity contribution is -0.148. The Bertz CT molecular complexity index is 879. The molecule has 10 nitrogen and oxygen atoms in total. The first-order chi connectivity index (χ1) is 21.7. The molecule has 2 rings (SSSR count).